The highest BCUT2D eigenvalue weighted by atomic mass is 35.5. The van der Waals surface area contributed by atoms with Crippen LogP contribution in [0.1, 0.15) is 39.2 Å². The van der Waals surface area contributed by atoms with Gasteiger partial charge in [0.05, 0.1) is 46.5 Å². The van der Waals surface area contributed by atoms with Crippen molar-refractivity contribution in [2.75, 3.05) is 23.8 Å². The highest BCUT2D eigenvalue weighted by Gasteiger charge is 2.74. The third kappa shape index (κ3) is 4.76. The van der Waals surface area contributed by atoms with Crippen molar-refractivity contribution in [2.24, 2.45) is 17.8 Å². The molecule has 3 amide bonds. The quantitative estimate of drug-likeness (QED) is 0.393. The maximum atomic E-state index is 14.3. The minimum absolute atomic E-state index is 0.0808. The topological polar surface area (TPSA) is 108 Å². The van der Waals surface area contributed by atoms with E-state index in [-0.39, 0.29) is 35.5 Å². The zero-order chi connectivity index (χ0) is 28.8. The molecule has 0 aromatic heterocycles. The highest BCUT2D eigenvalue weighted by molar-refractivity contribution is 8.02. The normalized spacial score (nSPS) is 27.6. The number of aryl methyl sites for hydroxylation is 1. The number of likely N-dealkylation sites (tertiary alicyclic amines) is 1. The van der Waals surface area contributed by atoms with E-state index in [1.165, 1.54) is 0 Å². The van der Waals surface area contributed by atoms with Gasteiger partial charge >= 0.3 is 0 Å². The number of aliphatic hydroxyl groups excluding tert-OH is 1. The maximum Gasteiger partial charge on any atom is 0.248 e. The number of carbonyl (C=O) groups excluding carboxylic acids is 3. The molecule has 0 radical (unpaired) electrons. The first-order chi connectivity index (χ1) is 19.1. The number of benzene rings is 2. The largest absolute Gasteiger partial charge is 0.494 e. The number of carbonyl (C=O) groups is 3. The Morgan fingerprint density at radius 1 is 1.18 bits per heavy atom. The number of ether oxygens (including phenoxy) is 1. The number of anilines is 2. The van der Waals surface area contributed by atoms with Gasteiger partial charge in [-0.05, 0) is 68.5 Å². The number of hydrogen-bond donors (Lipinski definition) is 3. The Hall–Kier alpha value is -2.75. The summed E-state index contributed by atoms with van der Waals surface area (Å²) in [4.78, 5) is 43.7. The Labute approximate surface area is 244 Å². The zero-order valence-corrected chi connectivity index (χ0v) is 24.7. The number of nitrogens with zero attached hydrogens (tertiary/aromatic N) is 1. The lowest BCUT2D eigenvalue weighted by Crippen LogP contribution is -2.56. The molecule has 3 heterocycles. The molecule has 0 aliphatic carbocycles. The second kappa shape index (κ2) is 11.3. The van der Waals surface area contributed by atoms with Crippen molar-refractivity contribution in [3.8, 4) is 5.75 Å². The lowest BCUT2D eigenvalue weighted by atomic mass is 9.70. The van der Waals surface area contributed by atoms with Crippen LogP contribution in [0.3, 0.4) is 0 Å². The molecular formula is C30H36ClN3O5S. The van der Waals surface area contributed by atoms with Crippen LogP contribution in [0.25, 0.3) is 0 Å². The van der Waals surface area contributed by atoms with Gasteiger partial charge in [-0.25, -0.2) is 0 Å². The molecule has 5 rings (SSSR count). The first-order valence-electron chi connectivity index (χ1n) is 13.8. The standard InChI is InChI=1S/C30H36ClN3O5S/c1-5-39-19-11-9-18(10-12-19)32-27(36)23-22-13-14-30(40-22)24(23)29(38)34(21(15-35)16(2)3)26(30)28(37)33-25-17(4)7-6-8-20(25)31/h6-12,16,21-24,26,35H,5,13-15H2,1-4H3,(H,32,36)(H,33,37)/t21-,22+,23-,24-,26?,30?/m0/s1. The molecule has 3 saturated heterocycles. The maximum absolute atomic E-state index is 14.3. The summed E-state index contributed by atoms with van der Waals surface area (Å²) in [6.07, 6.45) is 1.36. The van der Waals surface area contributed by atoms with E-state index in [1.807, 2.05) is 39.8 Å². The summed E-state index contributed by atoms with van der Waals surface area (Å²) in [5.41, 5.74) is 1.94. The molecule has 1 spiro atoms. The molecule has 6 atom stereocenters. The molecule has 3 aliphatic rings. The van der Waals surface area contributed by atoms with Crippen molar-refractivity contribution in [3.63, 3.8) is 0 Å². The van der Waals surface area contributed by atoms with Gasteiger partial charge in [0.25, 0.3) is 0 Å². The molecule has 3 fully saturated rings. The van der Waals surface area contributed by atoms with Crippen LogP contribution >= 0.6 is 23.4 Å². The van der Waals surface area contributed by atoms with Crippen LogP contribution in [0.5, 0.6) is 5.75 Å². The average Bonchev–Trinajstić information content (AvgIpc) is 3.55. The monoisotopic (exact) mass is 585 g/mol. The van der Waals surface area contributed by atoms with Gasteiger partial charge in [-0.3, -0.25) is 14.4 Å². The number of amides is 3. The molecule has 8 nitrogen and oxygen atoms in total. The third-order valence-corrected chi connectivity index (χ3v) is 10.8. The van der Waals surface area contributed by atoms with Crippen molar-refractivity contribution < 1.29 is 24.2 Å². The predicted octanol–water partition coefficient (Wildman–Crippen LogP) is 4.73. The number of rotatable bonds is 9. The lowest BCUT2D eigenvalue weighted by molar-refractivity contribution is -0.142. The predicted molar refractivity (Wildman–Crippen MR) is 158 cm³/mol. The summed E-state index contributed by atoms with van der Waals surface area (Å²) in [5.74, 6) is -1.46. The molecule has 40 heavy (non-hydrogen) atoms. The van der Waals surface area contributed by atoms with Crippen molar-refractivity contribution in [1.29, 1.82) is 0 Å². The Morgan fingerprint density at radius 2 is 1.90 bits per heavy atom. The fourth-order valence-electron chi connectivity index (χ4n) is 6.68. The van der Waals surface area contributed by atoms with E-state index in [0.29, 0.717) is 35.2 Å². The highest BCUT2D eigenvalue weighted by Crippen LogP contribution is 2.67. The van der Waals surface area contributed by atoms with Crippen LogP contribution in [0, 0.1) is 24.7 Å². The minimum Gasteiger partial charge on any atom is -0.494 e. The smallest absolute Gasteiger partial charge is 0.248 e. The van der Waals surface area contributed by atoms with E-state index in [1.54, 1.807) is 47.0 Å². The number of fused-ring (bicyclic) bond motifs is 1. The first kappa shape index (κ1) is 28.8. The fraction of sp³-hybridized carbons (Fsp3) is 0.500. The lowest BCUT2D eigenvalue weighted by Gasteiger charge is -2.38. The van der Waals surface area contributed by atoms with Crippen LogP contribution in [0.15, 0.2) is 42.5 Å². The minimum atomic E-state index is -0.849. The number of hydrogen-bond acceptors (Lipinski definition) is 6. The van der Waals surface area contributed by atoms with Crippen molar-refractivity contribution in [2.45, 2.75) is 62.6 Å². The van der Waals surface area contributed by atoms with Crippen molar-refractivity contribution >= 4 is 52.5 Å². The van der Waals surface area contributed by atoms with Gasteiger partial charge in [-0.2, -0.15) is 0 Å². The van der Waals surface area contributed by atoms with Crippen molar-refractivity contribution in [1.82, 2.24) is 4.90 Å². The number of nitrogens with one attached hydrogen (secondary N) is 2. The van der Waals surface area contributed by atoms with Gasteiger partial charge in [-0.1, -0.05) is 37.6 Å². The van der Waals surface area contributed by atoms with Crippen LogP contribution in [-0.4, -0.2) is 63.0 Å². The van der Waals surface area contributed by atoms with Crippen LogP contribution < -0.4 is 15.4 Å². The summed E-state index contributed by atoms with van der Waals surface area (Å²) in [6.45, 7) is 7.89. The molecule has 2 aromatic rings. The second-order valence-corrected chi connectivity index (χ2v) is 13.2. The van der Waals surface area contributed by atoms with E-state index < -0.39 is 28.7 Å². The van der Waals surface area contributed by atoms with Crippen molar-refractivity contribution in [3.05, 3.63) is 53.1 Å². The van der Waals surface area contributed by atoms with Gasteiger partial charge in [0.1, 0.15) is 11.8 Å². The first-order valence-corrected chi connectivity index (χ1v) is 15.1. The zero-order valence-electron chi connectivity index (χ0n) is 23.1. The Bertz CT molecular complexity index is 1280. The van der Waals surface area contributed by atoms with Crippen LogP contribution in [0.2, 0.25) is 5.02 Å². The SMILES string of the molecule is CCOc1ccc(NC(=O)[C@@H]2[C@H]3C(=O)N([C@@H](CO)C(C)C)C(C(=O)Nc4c(C)cccc4Cl)C34CC[C@H]2S4)cc1. The second-order valence-electron chi connectivity index (χ2n) is 11.2. The molecule has 3 aliphatic heterocycles. The average molecular weight is 586 g/mol. The van der Waals surface area contributed by atoms with Gasteiger partial charge in [0, 0.05) is 10.9 Å². The molecule has 10 heteroatoms. The molecule has 2 bridgehead atoms. The number of halogens is 1. The molecule has 0 saturated carbocycles. The molecule has 3 N–H and O–H groups in total. The number of thioether (sulfide) groups is 1. The van der Waals surface area contributed by atoms with Crippen LogP contribution in [-0.2, 0) is 14.4 Å². The van der Waals surface area contributed by atoms with Gasteiger partial charge in [0.15, 0.2) is 0 Å². The van der Waals surface area contributed by atoms with E-state index in [9.17, 15) is 19.5 Å². The van der Waals surface area contributed by atoms with Crippen LogP contribution in [0.4, 0.5) is 11.4 Å². The third-order valence-electron chi connectivity index (χ3n) is 8.51. The molecule has 2 unspecified atom stereocenters. The molecule has 214 valence electrons. The summed E-state index contributed by atoms with van der Waals surface area (Å²) < 4.78 is 4.72. The Balaban J connectivity index is 1.49. The summed E-state index contributed by atoms with van der Waals surface area (Å²) in [6, 6.07) is 11.1. The molecule has 2 aromatic carbocycles. The summed E-state index contributed by atoms with van der Waals surface area (Å²) in [5, 5.41) is 16.7. The van der Waals surface area contributed by atoms with E-state index in [0.717, 1.165) is 12.0 Å². The van der Waals surface area contributed by atoms with Gasteiger partial charge < -0.3 is 25.4 Å². The fourth-order valence-corrected chi connectivity index (χ4v) is 9.15. The van der Waals surface area contributed by atoms with E-state index in [2.05, 4.69) is 10.6 Å². The Kier molecular flexibility index (Phi) is 8.10. The summed E-state index contributed by atoms with van der Waals surface area (Å²) >= 11 is 8.03. The number of aliphatic hydroxyl groups is 1. The summed E-state index contributed by atoms with van der Waals surface area (Å²) in [7, 11) is 0. The Morgan fingerprint density at radius 3 is 2.52 bits per heavy atom. The van der Waals surface area contributed by atoms with Gasteiger partial charge in [0.2, 0.25) is 17.7 Å². The number of para-hydroxylation sites is 1. The van der Waals surface area contributed by atoms with E-state index >= 15 is 0 Å². The molecular weight excluding hydrogens is 550 g/mol. The van der Waals surface area contributed by atoms with E-state index in [4.69, 9.17) is 16.3 Å². The van der Waals surface area contributed by atoms with Gasteiger partial charge in [-0.15, -0.1) is 11.8 Å².